The number of piperidine rings is 1. The van der Waals surface area contributed by atoms with Crippen LogP contribution < -0.4 is 11.1 Å². The van der Waals surface area contributed by atoms with Gasteiger partial charge in [-0.1, -0.05) is 0 Å². The Hall–Kier alpha value is -0.770. The highest BCUT2D eigenvalue weighted by Gasteiger charge is 2.51. The number of hydrogen-bond acceptors (Lipinski definition) is 2. The fourth-order valence-electron chi connectivity index (χ4n) is 6.01. The molecular weight excluding hydrogens is 262 g/mol. The van der Waals surface area contributed by atoms with Crippen molar-refractivity contribution < 1.29 is 4.79 Å². The highest BCUT2D eigenvalue weighted by molar-refractivity contribution is 5.75. The molecule has 1 aliphatic heterocycles. The molecule has 5 fully saturated rings. The fourth-order valence-corrected chi connectivity index (χ4v) is 6.01. The lowest BCUT2D eigenvalue weighted by atomic mass is 9.53. The maximum Gasteiger partial charge on any atom is 0.317 e. The van der Waals surface area contributed by atoms with E-state index in [1.165, 1.54) is 44.9 Å². The summed E-state index contributed by atoms with van der Waals surface area (Å²) in [6, 6.07) is 0.190. The Bertz CT molecular complexity index is 387. The van der Waals surface area contributed by atoms with Gasteiger partial charge in [0, 0.05) is 18.6 Å². The van der Waals surface area contributed by atoms with Crippen molar-refractivity contribution in [2.75, 3.05) is 19.6 Å². The van der Waals surface area contributed by atoms with Crippen LogP contribution in [0.15, 0.2) is 0 Å². The Balaban J connectivity index is 1.42. The van der Waals surface area contributed by atoms with Gasteiger partial charge in [-0.2, -0.15) is 0 Å². The molecule has 0 aromatic carbocycles. The zero-order valence-electron chi connectivity index (χ0n) is 13.0. The van der Waals surface area contributed by atoms with Crippen LogP contribution in [-0.4, -0.2) is 36.1 Å². The van der Waals surface area contributed by atoms with Gasteiger partial charge in [-0.3, -0.25) is 0 Å². The van der Waals surface area contributed by atoms with Crippen molar-refractivity contribution in [2.24, 2.45) is 29.4 Å². The SMILES string of the molecule is NCC1CCCN(C(=O)NC23CC4CC(CC(C4)C2)C3)C1. The molecule has 0 radical (unpaired) electrons. The molecule has 1 saturated heterocycles. The Morgan fingerprint density at radius 1 is 1.14 bits per heavy atom. The van der Waals surface area contributed by atoms with Gasteiger partial charge in [0.1, 0.15) is 0 Å². The van der Waals surface area contributed by atoms with Crippen LogP contribution in [0.2, 0.25) is 0 Å². The second-order valence-corrected chi connectivity index (χ2v) is 8.32. The Labute approximate surface area is 127 Å². The number of nitrogens with zero attached hydrogens (tertiary/aromatic N) is 1. The monoisotopic (exact) mass is 291 g/mol. The van der Waals surface area contributed by atoms with Gasteiger partial charge >= 0.3 is 6.03 Å². The van der Waals surface area contributed by atoms with E-state index in [1.54, 1.807) is 0 Å². The van der Waals surface area contributed by atoms with Gasteiger partial charge in [0.25, 0.3) is 0 Å². The van der Waals surface area contributed by atoms with Crippen LogP contribution in [0, 0.1) is 23.7 Å². The summed E-state index contributed by atoms with van der Waals surface area (Å²) >= 11 is 0. The third-order valence-corrected chi connectivity index (χ3v) is 6.55. The molecule has 5 aliphatic rings. The minimum absolute atomic E-state index is 0.140. The first-order chi connectivity index (χ1) is 10.2. The minimum Gasteiger partial charge on any atom is -0.333 e. The summed E-state index contributed by atoms with van der Waals surface area (Å²) in [7, 11) is 0. The summed E-state index contributed by atoms with van der Waals surface area (Å²) in [6.45, 7) is 2.48. The van der Waals surface area contributed by atoms with Crippen LogP contribution in [0.5, 0.6) is 0 Å². The third kappa shape index (κ3) is 2.56. The van der Waals surface area contributed by atoms with E-state index in [0.717, 1.165) is 37.3 Å². The van der Waals surface area contributed by atoms with Crippen molar-refractivity contribution in [1.82, 2.24) is 10.2 Å². The number of rotatable bonds is 2. The van der Waals surface area contributed by atoms with Crippen LogP contribution in [-0.2, 0) is 0 Å². The predicted octanol–water partition coefficient (Wildman–Crippen LogP) is 2.34. The first-order valence-electron chi connectivity index (χ1n) is 8.93. The zero-order valence-corrected chi connectivity index (χ0v) is 13.0. The summed E-state index contributed by atoms with van der Waals surface area (Å²) in [5.41, 5.74) is 5.94. The van der Waals surface area contributed by atoms with Crippen molar-refractivity contribution in [1.29, 1.82) is 0 Å². The molecule has 1 unspecified atom stereocenters. The van der Waals surface area contributed by atoms with E-state index in [9.17, 15) is 4.79 Å². The molecular formula is C17H29N3O. The van der Waals surface area contributed by atoms with Gasteiger partial charge in [0.15, 0.2) is 0 Å². The average molecular weight is 291 g/mol. The molecule has 118 valence electrons. The maximum atomic E-state index is 12.7. The van der Waals surface area contributed by atoms with Gasteiger partial charge < -0.3 is 16.0 Å². The van der Waals surface area contributed by atoms with Crippen LogP contribution in [0.1, 0.15) is 51.4 Å². The Morgan fingerprint density at radius 3 is 2.33 bits per heavy atom. The summed E-state index contributed by atoms with van der Waals surface area (Å²) in [5, 5.41) is 3.49. The van der Waals surface area contributed by atoms with Crippen molar-refractivity contribution in [3.8, 4) is 0 Å². The van der Waals surface area contributed by atoms with Gasteiger partial charge in [-0.05, 0) is 81.6 Å². The first kappa shape index (κ1) is 13.9. The van der Waals surface area contributed by atoms with Crippen LogP contribution >= 0.6 is 0 Å². The number of urea groups is 1. The normalized spacial score (nSPS) is 44.9. The standard InChI is InChI=1S/C17H29N3O/c18-10-12-2-1-3-20(11-12)16(21)19-17-7-13-4-14(8-17)6-15(5-13)9-17/h12-15H,1-11,18H2,(H,19,21). The molecule has 4 aliphatic carbocycles. The lowest BCUT2D eigenvalue weighted by Crippen LogP contribution is -2.62. The van der Waals surface area contributed by atoms with Crippen molar-refractivity contribution in [3.63, 3.8) is 0 Å². The van der Waals surface area contributed by atoms with E-state index in [0.29, 0.717) is 12.5 Å². The number of carbonyl (C=O) groups is 1. The predicted molar refractivity (Wildman–Crippen MR) is 82.8 cm³/mol. The van der Waals surface area contributed by atoms with Gasteiger partial charge in [0.05, 0.1) is 0 Å². The number of nitrogens with two attached hydrogens (primary N) is 1. The van der Waals surface area contributed by atoms with Gasteiger partial charge in [-0.15, -0.1) is 0 Å². The van der Waals surface area contributed by atoms with Gasteiger partial charge in [0.2, 0.25) is 0 Å². The number of hydrogen-bond donors (Lipinski definition) is 2. The number of amides is 2. The van der Waals surface area contributed by atoms with Gasteiger partial charge in [-0.25, -0.2) is 4.79 Å². The smallest absolute Gasteiger partial charge is 0.317 e. The minimum atomic E-state index is 0.140. The lowest BCUT2D eigenvalue weighted by molar-refractivity contribution is -0.0163. The van der Waals surface area contributed by atoms with Crippen LogP contribution in [0.3, 0.4) is 0 Å². The molecule has 5 rings (SSSR count). The average Bonchev–Trinajstić information content (AvgIpc) is 2.45. The fraction of sp³-hybridized carbons (Fsp3) is 0.941. The summed E-state index contributed by atoms with van der Waals surface area (Å²) < 4.78 is 0. The molecule has 2 amide bonds. The third-order valence-electron chi connectivity index (χ3n) is 6.55. The molecule has 4 bridgehead atoms. The quantitative estimate of drug-likeness (QED) is 0.820. The van der Waals surface area contributed by atoms with E-state index in [2.05, 4.69) is 5.32 Å². The summed E-state index contributed by atoms with van der Waals surface area (Å²) in [6.07, 6.45) is 10.3. The molecule has 21 heavy (non-hydrogen) atoms. The number of likely N-dealkylation sites (tertiary alicyclic amines) is 1. The molecule has 4 nitrogen and oxygen atoms in total. The molecule has 4 saturated carbocycles. The first-order valence-corrected chi connectivity index (χ1v) is 8.93. The summed E-state index contributed by atoms with van der Waals surface area (Å²) in [4.78, 5) is 14.7. The lowest BCUT2D eigenvalue weighted by Gasteiger charge is -2.57. The van der Waals surface area contributed by atoms with Crippen LogP contribution in [0.25, 0.3) is 0 Å². The topological polar surface area (TPSA) is 58.4 Å². The zero-order chi connectivity index (χ0) is 14.4. The molecule has 1 heterocycles. The van der Waals surface area contributed by atoms with E-state index in [1.807, 2.05) is 4.90 Å². The van der Waals surface area contributed by atoms with E-state index < -0.39 is 0 Å². The van der Waals surface area contributed by atoms with Crippen molar-refractivity contribution in [2.45, 2.75) is 56.9 Å². The molecule has 1 atom stereocenters. The molecule has 4 heteroatoms. The second kappa shape index (κ2) is 5.15. The van der Waals surface area contributed by atoms with E-state index >= 15 is 0 Å². The Kier molecular flexibility index (Phi) is 3.40. The van der Waals surface area contributed by atoms with Crippen molar-refractivity contribution in [3.05, 3.63) is 0 Å². The molecule has 3 N–H and O–H groups in total. The largest absolute Gasteiger partial charge is 0.333 e. The summed E-state index contributed by atoms with van der Waals surface area (Å²) in [5.74, 6) is 3.15. The number of nitrogens with one attached hydrogen (secondary N) is 1. The molecule has 0 aromatic rings. The number of carbonyl (C=O) groups excluding carboxylic acids is 1. The van der Waals surface area contributed by atoms with Crippen molar-refractivity contribution >= 4 is 6.03 Å². The Morgan fingerprint density at radius 2 is 1.76 bits per heavy atom. The van der Waals surface area contributed by atoms with E-state index in [-0.39, 0.29) is 11.6 Å². The maximum absolute atomic E-state index is 12.7. The highest BCUT2D eigenvalue weighted by Crippen LogP contribution is 2.55. The highest BCUT2D eigenvalue weighted by atomic mass is 16.2. The van der Waals surface area contributed by atoms with Crippen LogP contribution in [0.4, 0.5) is 4.79 Å². The molecule has 0 aromatic heterocycles. The van der Waals surface area contributed by atoms with E-state index in [4.69, 9.17) is 5.73 Å². The molecule has 0 spiro atoms. The second-order valence-electron chi connectivity index (χ2n) is 8.32.